The molecule has 0 aromatic heterocycles. The van der Waals surface area contributed by atoms with Crippen LogP contribution in [0.4, 0.5) is 0 Å². The van der Waals surface area contributed by atoms with Crippen molar-refractivity contribution in [1.82, 2.24) is 0 Å². The van der Waals surface area contributed by atoms with Gasteiger partial charge in [0.05, 0.1) is 0 Å². The number of para-hydroxylation sites is 1. The summed E-state index contributed by atoms with van der Waals surface area (Å²) in [7, 11) is 1.61. The Balaban J connectivity index is 1.71. The predicted molar refractivity (Wildman–Crippen MR) is 72.5 cm³/mol. The highest BCUT2D eigenvalue weighted by Gasteiger charge is 2.23. The van der Waals surface area contributed by atoms with E-state index in [9.17, 15) is 0 Å². The van der Waals surface area contributed by atoms with Crippen molar-refractivity contribution in [2.75, 3.05) is 13.9 Å². The Bertz CT molecular complexity index is 523. The van der Waals surface area contributed by atoms with E-state index >= 15 is 0 Å². The van der Waals surface area contributed by atoms with Crippen LogP contribution in [0.15, 0.2) is 48.5 Å². The smallest absolute Gasteiger partial charge is 0.188 e. The van der Waals surface area contributed by atoms with Crippen LogP contribution in [-0.2, 0) is 11.2 Å². The molecule has 0 radical (unpaired) electrons. The molecule has 1 unspecified atom stereocenters. The van der Waals surface area contributed by atoms with Gasteiger partial charge in [-0.3, -0.25) is 0 Å². The first-order valence-corrected chi connectivity index (χ1v) is 6.33. The average Bonchev–Trinajstić information content (AvgIpc) is 2.89. The second-order valence-corrected chi connectivity index (χ2v) is 4.54. The Kier molecular flexibility index (Phi) is 3.38. The normalized spacial score (nSPS) is 16.8. The summed E-state index contributed by atoms with van der Waals surface area (Å²) < 4.78 is 16.2. The van der Waals surface area contributed by atoms with Gasteiger partial charge in [-0.25, -0.2) is 0 Å². The SMILES string of the molecule is COCOc1ccc(C2Cc3ccccc3O2)cc1. The van der Waals surface area contributed by atoms with Gasteiger partial charge in [-0.1, -0.05) is 30.3 Å². The van der Waals surface area contributed by atoms with Gasteiger partial charge in [0.15, 0.2) is 6.79 Å². The zero-order chi connectivity index (χ0) is 13.1. The van der Waals surface area contributed by atoms with Crippen LogP contribution in [0.2, 0.25) is 0 Å². The minimum absolute atomic E-state index is 0.105. The van der Waals surface area contributed by atoms with Crippen molar-refractivity contribution in [2.24, 2.45) is 0 Å². The van der Waals surface area contributed by atoms with Crippen LogP contribution < -0.4 is 9.47 Å². The molecule has 1 aliphatic rings. The third kappa shape index (κ3) is 2.56. The quantitative estimate of drug-likeness (QED) is 0.785. The van der Waals surface area contributed by atoms with Crippen molar-refractivity contribution in [3.63, 3.8) is 0 Å². The lowest BCUT2D eigenvalue weighted by Crippen LogP contribution is -2.03. The summed E-state index contributed by atoms with van der Waals surface area (Å²) in [6, 6.07) is 16.2. The van der Waals surface area contributed by atoms with E-state index in [1.807, 2.05) is 42.5 Å². The summed E-state index contributed by atoms with van der Waals surface area (Å²) in [5, 5.41) is 0. The van der Waals surface area contributed by atoms with Crippen molar-refractivity contribution in [3.05, 3.63) is 59.7 Å². The van der Waals surface area contributed by atoms with E-state index in [2.05, 4.69) is 6.07 Å². The standard InChI is InChI=1S/C16H16O3/c1-17-11-18-14-8-6-12(7-9-14)16-10-13-4-2-3-5-15(13)19-16/h2-9,16H,10-11H2,1H3. The molecule has 1 heterocycles. The summed E-state index contributed by atoms with van der Waals surface area (Å²) in [5.41, 5.74) is 2.44. The van der Waals surface area contributed by atoms with Gasteiger partial charge in [0.2, 0.25) is 0 Å². The van der Waals surface area contributed by atoms with E-state index in [1.54, 1.807) is 7.11 Å². The van der Waals surface area contributed by atoms with Gasteiger partial charge in [0, 0.05) is 13.5 Å². The van der Waals surface area contributed by atoms with E-state index in [0.29, 0.717) is 0 Å². The average molecular weight is 256 g/mol. The lowest BCUT2D eigenvalue weighted by atomic mass is 10.0. The Morgan fingerprint density at radius 1 is 1.11 bits per heavy atom. The summed E-state index contributed by atoms with van der Waals surface area (Å²) in [5.74, 6) is 1.80. The molecule has 3 heteroatoms. The van der Waals surface area contributed by atoms with Crippen LogP contribution in [0, 0.1) is 0 Å². The molecule has 2 aromatic rings. The molecule has 3 nitrogen and oxygen atoms in total. The maximum absolute atomic E-state index is 5.95. The fourth-order valence-electron chi connectivity index (χ4n) is 2.27. The van der Waals surface area contributed by atoms with Gasteiger partial charge in [0.25, 0.3) is 0 Å². The van der Waals surface area contributed by atoms with Crippen molar-refractivity contribution >= 4 is 0 Å². The van der Waals surface area contributed by atoms with Gasteiger partial charge in [0.1, 0.15) is 17.6 Å². The Hall–Kier alpha value is -2.00. The maximum Gasteiger partial charge on any atom is 0.188 e. The first-order chi connectivity index (χ1) is 9.36. The minimum Gasteiger partial charge on any atom is -0.485 e. The molecular weight excluding hydrogens is 240 g/mol. The van der Waals surface area contributed by atoms with E-state index in [-0.39, 0.29) is 12.9 Å². The van der Waals surface area contributed by atoms with Gasteiger partial charge in [-0.15, -0.1) is 0 Å². The number of ether oxygens (including phenoxy) is 3. The summed E-state index contributed by atoms with van der Waals surface area (Å²) in [6.07, 6.45) is 1.03. The Morgan fingerprint density at radius 2 is 1.89 bits per heavy atom. The molecular formula is C16H16O3. The van der Waals surface area contributed by atoms with Crippen LogP contribution in [0.3, 0.4) is 0 Å². The molecule has 0 saturated heterocycles. The minimum atomic E-state index is 0.105. The molecule has 2 aromatic carbocycles. The Labute approximate surface area is 112 Å². The van der Waals surface area contributed by atoms with Crippen molar-refractivity contribution in [1.29, 1.82) is 0 Å². The molecule has 0 amide bonds. The number of fused-ring (bicyclic) bond motifs is 1. The predicted octanol–water partition coefficient (Wildman–Crippen LogP) is 3.35. The molecule has 1 aliphatic heterocycles. The highest BCUT2D eigenvalue weighted by atomic mass is 16.7. The number of methoxy groups -OCH3 is 1. The van der Waals surface area contributed by atoms with Crippen LogP contribution in [0.1, 0.15) is 17.2 Å². The topological polar surface area (TPSA) is 27.7 Å². The highest BCUT2D eigenvalue weighted by Crippen LogP contribution is 2.36. The second-order valence-electron chi connectivity index (χ2n) is 4.54. The largest absolute Gasteiger partial charge is 0.485 e. The zero-order valence-corrected chi connectivity index (χ0v) is 10.8. The van der Waals surface area contributed by atoms with E-state index in [4.69, 9.17) is 14.2 Å². The molecule has 98 valence electrons. The zero-order valence-electron chi connectivity index (χ0n) is 10.8. The van der Waals surface area contributed by atoms with E-state index < -0.39 is 0 Å². The summed E-state index contributed by atoms with van der Waals surface area (Å²) in [6.45, 7) is 0.269. The van der Waals surface area contributed by atoms with Crippen LogP contribution in [0.25, 0.3) is 0 Å². The molecule has 0 aliphatic carbocycles. The number of benzene rings is 2. The highest BCUT2D eigenvalue weighted by molar-refractivity contribution is 5.40. The van der Waals surface area contributed by atoms with Crippen molar-refractivity contribution in [2.45, 2.75) is 12.5 Å². The van der Waals surface area contributed by atoms with Crippen LogP contribution in [0.5, 0.6) is 11.5 Å². The van der Waals surface area contributed by atoms with Gasteiger partial charge >= 0.3 is 0 Å². The molecule has 1 atom stereocenters. The third-order valence-corrected chi connectivity index (χ3v) is 3.24. The van der Waals surface area contributed by atoms with Gasteiger partial charge in [-0.2, -0.15) is 0 Å². The molecule has 0 fully saturated rings. The van der Waals surface area contributed by atoms with E-state index in [1.165, 1.54) is 11.1 Å². The first-order valence-electron chi connectivity index (χ1n) is 6.33. The third-order valence-electron chi connectivity index (χ3n) is 3.24. The molecule has 0 spiro atoms. The number of hydrogen-bond donors (Lipinski definition) is 0. The Morgan fingerprint density at radius 3 is 2.63 bits per heavy atom. The van der Waals surface area contributed by atoms with E-state index in [0.717, 1.165) is 17.9 Å². The fourth-order valence-corrected chi connectivity index (χ4v) is 2.27. The van der Waals surface area contributed by atoms with Crippen molar-refractivity contribution in [3.8, 4) is 11.5 Å². The fraction of sp³-hybridized carbons (Fsp3) is 0.250. The molecule has 19 heavy (non-hydrogen) atoms. The lowest BCUT2D eigenvalue weighted by Gasteiger charge is -2.12. The van der Waals surface area contributed by atoms with Gasteiger partial charge in [-0.05, 0) is 29.3 Å². The van der Waals surface area contributed by atoms with Crippen molar-refractivity contribution < 1.29 is 14.2 Å². The monoisotopic (exact) mass is 256 g/mol. The summed E-state index contributed by atoms with van der Waals surface area (Å²) >= 11 is 0. The first kappa shape index (κ1) is 12.1. The molecule has 0 bridgehead atoms. The molecule has 0 saturated carbocycles. The van der Waals surface area contributed by atoms with Gasteiger partial charge < -0.3 is 14.2 Å². The molecule has 3 rings (SSSR count). The number of hydrogen-bond acceptors (Lipinski definition) is 3. The summed E-state index contributed by atoms with van der Waals surface area (Å²) in [4.78, 5) is 0. The lowest BCUT2D eigenvalue weighted by molar-refractivity contribution is 0.0511. The molecule has 0 N–H and O–H groups in total. The van der Waals surface area contributed by atoms with Crippen LogP contribution in [-0.4, -0.2) is 13.9 Å². The number of rotatable bonds is 4. The van der Waals surface area contributed by atoms with Crippen LogP contribution >= 0.6 is 0 Å². The maximum atomic E-state index is 5.95. The second kappa shape index (κ2) is 5.33.